The van der Waals surface area contributed by atoms with E-state index in [1.54, 1.807) is 13.1 Å². The number of fused-ring (bicyclic) bond motifs is 1. The molecule has 25 heavy (non-hydrogen) atoms. The summed E-state index contributed by atoms with van der Waals surface area (Å²) >= 11 is 7.37. The number of nitrogens with zero attached hydrogens (tertiary/aromatic N) is 1. The van der Waals surface area contributed by atoms with Gasteiger partial charge >= 0.3 is 0 Å². The molecule has 1 aliphatic rings. The number of halogens is 2. The molecule has 0 bridgehead atoms. The molecular formula is C18H16ClFN2O2S. The Morgan fingerprint density at radius 2 is 2.04 bits per heavy atom. The Labute approximate surface area is 154 Å². The number of anilines is 1. The maximum Gasteiger partial charge on any atom is 0.238 e. The molecule has 2 amide bonds. The molecule has 2 aromatic carbocycles. The third-order valence-electron chi connectivity index (χ3n) is 3.95. The largest absolute Gasteiger partial charge is 0.341 e. The second kappa shape index (κ2) is 7.45. The van der Waals surface area contributed by atoms with Crippen molar-refractivity contribution in [3.05, 3.63) is 58.9 Å². The summed E-state index contributed by atoms with van der Waals surface area (Å²) in [6.07, 6.45) is 0.0351. The molecule has 1 aliphatic heterocycles. The normalized spacial score (nSPS) is 16.1. The van der Waals surface area contributed by atoms with E-state index in [2.05, 4.69) is 5.32 Å². The highest BCUT2D eigenvalue weighted by Crippen LogP contribution is 2.36. The monoisotopic (exact) mass is 378 g/mol. The van der Waals surface area contributed by atoms with Crippen molar-refractivity contribution >= 4 is 40.9 Å². The zero-order valence-electron chi connectivity index (χ0n) is 13.5. The fraction of sp³-hybridized carbons (Fsp3) is 0.222. The Morgan fingerprint density at radius 1 is 1.28 bits per heavy atom. The lowest BCUT2D eigenvalue weighted by atomic mass is 10.2. The van der Waals surface area contributed by atoms with Gasteiger partial charge in [-0.3, -0.25) is 9.59 Å². The zero-order chi connectivity index (χ0) is 18.0. The highest BCUT2D eigenvalue weighted by Gasteiger charge is 2.30. The molecule has 0 radical (unpaired) electrons. The molecule has 0 fully saturated rings. The number of carbonyl (C=O) groups is 2. The van der Waals surface area contributed by atoms with Gasteiger partial charge in [0.05, 0.1) is 10.9 Å². The molecule has 2 aromatic rings. The molecule has 0 spiro atoms. The van der Waals surface area contributed by atoms with Gasteiger partial charge in [-0.25, -0.2) is 4.39 Å². The topological polar surface area (TPSA) is 49.4 Å². The molecule has 0 saturated carbocycles. The number of thioether (sulfide) groups is 1. The second-order valence-corrected chi connectivity index (χ2v) is 7.40. The summed E-state index contributed by atoms with van der Waals surface area (Å²) in [5, 5.41) is 2.57. The first-order chi connectivity index (χ1) is 12.0. The van der Waals surface area contributed by atoms with E-state index in [4.69, 9.17) is 11.6 Å². The van der Waals surface area contributed by atoms with Gasteiger partial charge in [0.1, 0.15) is 5.82 Å². The highest BCUT2D eigenvalue weighted by molar-refractivity contribution is 8.01. The van der Waals surface area contributed by atoms with Gasteiger partial charge in [-0.1, -0.05) is 29.8 Å². The second-order valence-electron chi connectivity index (χ2n) is 5.75. The van der Waals surface area contributed by atoms with E-state index < -0.39 is 11.1 Å². The SMILES string of the molecule is CN(Cc1c(F)cccc1Cl)C(=O)CC1Sc2ccccc2NC1=O. The molecule has 1 heterocycles. The standard InChI is InChI=1S/C18H16ClFN2O2S/c1-22(10-11-12(19)5-4-6-13(11)20)17(23)9-16-18(24)21-14-7-2-3-8-15(14)25-16/h2-8,16H,9-10H2,1H3,(H,21,24). The van der Waals surface area contributed by atoms with Gasteiger partial charge in [-0.15, -0.1) is 11.8 Å². The van der Waals surface area contributed by atoms with Gasteiger partial charge in [0.2, 0.25) is 11.8 Å². The lowest BCUT2D eigenvalue weighted by Crippen LogP contribution is -2.35. The third-order valence-corrected chi connectivity index (χ3v) is 5.58. The first kappa shape index (κ1) is 17.8. The van der Waals surface area contributed by atoms with Crippen molar-refractivity contribution in [2.75, 3.05) is 12.4 Å². The lowest BCUT2D eigenvalue weighted by molar-refractivity contribution is -0.131. The van der Waals surface area contributed by atoms with Crippen LogP contribution in [0.4, 0.5) is 10.1 Å². The van der Waals surface area contributed by atoms with Crippen molar-refractivity contribution in [2.45, 2.75) is 23.1 Å². The third kappa shape index (κ3) is 3.96. The minimum Gasteiger partial charge on any atom is -0.341 e. The summed E-state index contributed by atoms with van der Waals surface area (Å²) in [5.74, 6) is -0.897. The van der Waals surface area contributed by atoms with Crippen LogP contribution in [0.25, 0.3) is 0 Å². The van der Waals surface area contributed by atoms with Crippen molar-refractivity contribution in [1.82, 2.24) is 4.90 Å². The van der Waals surface area contributed by atoms with Gasteiger partial charge < -0.3 is 10.2 Å². The van der Waals surface area contributed by atoms with Crippen molar-refractivity contribution < 1.29 is 14.0 Å². The van der Waals surface area contributed by atoms with Gasteiger partial charge in [0, 0.05) is 35.5 Å². The molecule has 0 saturated heterocycles. The molecule has 130 valence electrons. The number of nitrogens with one attached hydrogen (secondary N) is 1. The minimum atomic E-state index is -0.513. The summed E-state index contributed by atoms with van der Waals surface area (Å²) in [6, 6.07) is 11.9. The van der Waals surface area contributed by atoms with Crippen molar-refractivity contribution in [2.24, 2.45) is 0 Å². The molecule has 1 atom stereocenters. The summed E-state index contributed by atoms with van der Waals surface area (Å²) in [6.45, 7) is 0.0555. The molecule has 7 heteroatoms. The van der Waals surface area contributed by atoms with Crippen molar-refractivity contribution in [3.8, 4) is 0 Å². The van der Waals surface area contributed by atoms with E-state index in [1.807, 2.05) is 24.3 Å². The van der Waals surface area contributed by atoms with Gasteiger partial charge in [0.15, 0.2) is 0 Å². The van der Waals surface area contributed by atoms with E-state index in [1.165, 1.54) is 28.8 Å². The van der Waals surface area contributed by atoms with Crippen LogP contribution in [0.15, 0.2) is 47.4 Å². The average Bonchev–Trinajstić information content (AvgIpc) is 2.58. The van der Waals surface area contributed by atoms with Crippen LogP contribution in [0.2, 0.25) is 5.02 Å². The molecule has 0 aliphatic carbocycles. The van der Waals surface area contributed by atoms with Crippen molar-refractivity contribution in [1.29, 1.82) is 0 Å². The van der Waals surface area contributed by atoms with E-state index in [9.17, 15) is 14.0 Å². The minimum absolute atomic E-state index is 0.0351. The maximum atomic E-state index is 13.9. The predicted octanol–water partition coefficient (Wildman–Crippen LogP) is 3.94. The van der Waals surface area contributed by atoms with Crippen LogP contribution < -0.4 is 5.32 Å². The van der Waals surface area contributed by atoms with Crippen LogP contribution in [0.1, 0.15) is 12.0 Å². The molecular weight excluding hydrogens is 363 g/mol. The number of rotatable bonds is 4. The lowest BCUT2D eigenvalue weighted by Gasteiger charge is -2.25. The Bertz CT molecular complexity index is 810. The van der Waals surface area contributed by atoms with E-state index in [0.717, 1.165) is 10.6 Å². The van der Waals surface area contributed by atoms with Gasteiger partial charge in [-0.05, 0) is 24.3 Å². The van der Waals surface area contributed by atoms with Gasteiger partial charge in [-0.2, -0.15) is 0 Å². The number of carbonyl (C=O) groups excluding carboxylic acids is 2. The molecule has 0 aromatic heterocycles. The maximum absolute atomic E-state index is 13.9. The molecule has 1 N–H and O–H groups in total. The van der Waals surface area contributed by atoms with Crippen LogP contribution in [-0.2, 0) is 16.1 Å². The zero-order valence-corrected chi connectivity index (χ0v) is 15.0. The van der Waals surface area contributed by atoms with E-state index in [-0.39, 0.29) is 35.4 Å². The van der Waals surface area contributed by atoms with Crippen LogP contribution in [0.5, 0.6) is 0 Å². The number of hydrogen-bond acceptors (Lipinski definition) is 3. The molecule has 3 rings (SSSR count). The fourth-order valence-electron chi connectivity index (χ4n) is 2.55. The average molecular weight is 379 g/mol. The summed E-state index contributed by atoms with van der Waals surface area (Å²) < 4.78 is 13.9. The van der Waals surface area contributed by atoms with Crippen LogP contribution in [0, 0.1) is 5.82 Å². The summed E-state index contributed by atoms with van der Waals surface area (Å²) in [7, 11) is 1.57. The van der Waals surface area contributed by atoms with Crippen LogP contribution >= 0.6 is 23.4 Å². The number of para-hydroxylation sites is 1. The first-order valence-corrected chi connectivity index (χ1v) is 8.95. The summed E-state index contributed by atoms with van der Waals surface area (Å²) in [4.78, 5) is 27.0. The molecule has 1 unspecified atom stereocenters. The predicted molar refractivity (Wildman–Crippen MR) is 97.2 cm³/mol. The Kier molecular flexibility index (Phi) is 5.30. The Balaban J connectivity index is 1.67. The fourth-order valence-corrected chi connectivity index (χ4v) is 3.87. The Morgan fingerprint density at radius 3 is 2.80 bits per heavy atom. The number of amides is 2. The Hall–Kier alpha value is -2.05. The number of hydrogen-bond donors (Lipinski definition) is 1. The first-order valence-electron chi connectivity index (χ1n) is 7.69. The highest BCUT2D eigenvalue weighted by atomic mass is 35.5. The van der Waals surface area contributed by atoms with E-state index >= 15 is 0 Å². The molecule has 4 nitrogen and oxygen atoms in total. The smallest absolute Gasteiger partial charge is 0.238 e. The summed E-state index contributed by atoms with van der Waals surface area (Å²) in [5.41, 5.74) is 1.03. The van der Waals surface area contributed by atoms with Crippen molar-refractivity contribution in [3.63, 3.8) is 0 Å². The van der Waals surface area contributed by atoms with E-state index in [0.29, 0.717) is 0 Å². The quantitative estimate of drug-likeness (QED) is 0.876. The number of benzene rings is 2. The van der Waals surface area contributed by atoms with Gasteiger partial charge in [0.25, 0.3) is 0 Å². The van der Waals surface area contributed by atoms with Crippen LogP contribution in [-0.4, -0.2) is 29.0 Å². The van der Waals surface area contributed by atoms with Crippen LogP contribution in [0.3, 0.4) is 0 Å².